The molecule has 0 aromatic carbocycles. The lowest BCUT2D eigenvalue weighted by atomic mass is 9.82. The standard InChI is InChI=1S/C14H10N2O8/c17-11(18)7-6(5-3-1-2-4-15-5)8(12(19)20)10(14(23)24)16-9(7)13(21)22/h1-4,6,16H,(H,17,18)(H,19,20)(H,21,22)(H,23,24). The molecule has 2 heterocycles. The Balaban J connectivity index is 2.86. The van der Waals surface area contributed by atoms with Crippen LogP contribution >= 0.6 is 0 Å². The van der Waals surface area contributed by atoms with E-state index in [-0.39, 0.29) is 5.69 Å². The van der Waals surface area contributed by atoms with Crippen LogP contribution in [-0.2, 0) is 19.2 Å². The van der Waals surface area contributed by atoms with E-state index in [1.807, 2.05) is 5.32 Å². The Morgan fingerprint density at radius 1 is 0.833 bits per heavy atom. The quantitative estimate of drug-likeness (QED) is 0.477. The molecule has 2 rings (SSSR count). The number of hydrogen-bond donors (Lipinski definition) is 5. The van der Waals surface area contributed by atoms with Gasteiger partial charge in [-0.2, -0.15) is 0 Å². The molecular weight excluding hydrogens is 324 g/mol. The maximum Gasteiger partial charge on any atom is 0.352 e. The Labute approximate surface area is 133 Å². The van der Waals surface area contributed by atoms with Gasteiger partial charge < -0.3 is 25.7 Å². The maximum absolute atomic E-state index is 11.5. The number of carboxylic acid groups (broad SMARTS) is 4. The normalized spacial score (nSPS) is 15.0. The fourth-order valence-electron chi connectivity index (χ4n) is 2.33. The van der Waals surface area contributed by atoms with E-state index >= 15 is 0 Å². The van der Waals surface area contributed by atoms with Crippen LogP contribution in [0.5, 0.6) is 0 Å². The molecule has 1 aliphatic rings. The molecule has 124 valence electrons. The van der Waals surface area contributed by atoms with E-state index in [1.165, 1.54) is 24.4 Å². The van der Waals surface area contributed by atoms with E-state index in [0.29, 0.717) is 0 Å². The van der Waals surface area contributed by atoms with Crippen LogP contribution in [0.15, 0.2) is 46.9 Å². The number of rotatable bonds is 5. The molecule has 0 saturated heterocycles. The molecule has 0 spiro atoms. The summed E-state index contributed by atoms with van der Waals surface area (Å²) in [4.78, 5) is 49.6. The zero-order valence-corrected chi connectivity index (χ0v) is 11.8. The maximum atomic E-state index is 11.5. The highest BCUT2D eigenvalue weighted by atomic mass is 16.4. The van der Waals surface area contributed by atoms with Crippen molar-refractivity contribution in [3.63, 3.8) is 0 Å². The van der Waals surface area contributed by atoms with Crippen molar-refractivity contribution >= 4 is 23.9 Å². The van der Waals surface area contributed by atoms with Crippen LogP contribution in [0.2, 0.25) is 0 Å². The molecule has 10 heteroatoms. The van der Waals surface area contributed by atoms with Gasteiger partial charge >= 0.3 is 23.9 Å². The highest BCUT2D eigenvalue weighted by Crippen LogP contribution is 2.37. The predicted octanol–water partition coefficient (Wildman–Crippen LogP) is -0.385. The summed E-state index contributed by atoms with van der Waals surface area (Å²) < 4.78 is 0. The molecular formula is C14H10N2O8. The highest BCUT2D eigenvalue weighted by molar-refractivity contribution is 6.08. The molecule has 1 aliphatic heterocycles. The van der Waals surface area contributed by atoms with E-state index < -0.39 is 52.3 Å². The Kier molecular flexibility index (Phi) is 4.31. The lowest BCUT2D eigenvalue weighted by Gasteiger charge is -2.27. The average Bonchev–Trinajstić information content (AvgIpc) is 2.52. The van der Waals surface area contributed by atoms with Gasteiger partial charge in [-0.25, -0.2) is 19.2 Å². The van der Waals surface area contributed by atoms with Crippen molar-refractivity contribution in [1.29, 1.82) is 0 Å². The van der Waals surface area contributed by atoms with Gasteiger partial charge in [0, 0.05) is 6.20 Å². The van der Waals surface area contributed by atoms with Crippen molar-refractivity contribution in [1.82, 2.24) is 10.3 Å². The van der Waals surface area contributed by atoms with Crippen LogP contribution in [0.25, 0.3) is 0 Å². The van der Waals surface area contributed by atoms with Gasteiger partial charge in [0.25, 0.3) is 0 Å². The number of nitrogens with one attached hydrogen (secondary N) is 1. The van der Waals surface area contributed by atoms with E-state index in [0.717, 1.165) is 0 Å². The molecule has 0 saturated carbocycles. The second-order valence-electron chi connectivity index (χ2n) is 4.61. The summed E-state index contributed by atoms with van der Waals surface area (Å²) in [7, 11) is 0. The van der Waals surface area contributed by atoms with Gasteiger partial charge in [-0.1, -0.05) is 6.07 Å². The topological polar surface area (TPSA) is 174 Å². The summed E-state index contributed by atoms with van der Waals surface area (Å²) in [5, 5.41) is 39.0. The summed E-state index contributed by atoms with van der Waals surface area (Å²) in [6.45, 7) is 0. The smallest absolute Gasteiger partial charge is 0.352 e. The molecule has 0 radical (unpaired) electrons. The minimum absolute atomic E-state index is 0.105. The Morgan fingerprint density at radius 2 is 1.33 bits per heavy atom. The minimum Gasteiger partial charge on any atom is -0.478 e. The zero-order valence-electron chi connectivity index (χ0n) is 11.8. The molecule has 0 atom stereocenters. The molecule has 24 heavy (non-hydrogen) atoms. The minimum atomic E-state index is -1.74. The van der Waals surface area contributed by atoms with E-state index in [1.54, 1.807) is 0 Å². The van der Waals surface area contributed by atoms with Crippen LogP contribution in [0.1, 0.15) is 11.6 Å². The van der Waals surface area contributed by atoms with E-state index in [4.69, 9.17) is 0 Å². The molecule has 0 unspecified atom stereocenters. The third-order valence-corrected chi connectivity index (χ3v) is 3.24. The van der Waals surface area contributed by atoms with Crippen LogP contribution in [0.4, 0.5) is 0 Å². The predicted molar refractivity (Wildman–Crippen MR) is 74.7 cm³/mol. The lowest BCUT2D eigenvalue weighted by molar-refractivity contribution is -0.138. The largest absolute Gasteiger partial charge is 0.478 e. The van der Waals surface area contributed by atoms with E-state index in [9.17, 15) is 39.6 Å². The number of nitrogens with zero attached hydrogens (tertiary/aromatic N) is 1. The first-order chi connectivity index (χ1) is 11.3. The molecule has 0 fully saturated rings. The van der Waals surface area contributed by atoms with Crippen molar-refractivity contribution in [3.05, 3.63) is 52.6 Å². The van der Waals surface area contributed by atoms with E-state index in [2.05, 4.69) is 4.98 Å². The summed E-state index contributed by atoms with van der Waals surface area (Å²) in [6, 6.07) is 4.19. The summed E-state index contributed by atoms with van der Waals surface area (Å²) in [5.41, 5.74) is -3.60. The molecule has 5 N–H and O–H groups in total. The van der Waals surface area contributed by atoms with Gasteiger partial charge in [-0.15, -0.1) is 0 Å². The first kappa shape index (κ1) is 16.7. The third-order valence-electron chi connectivity index (χ3n) is 3.24. The number of aliphatic carboxylic acids is 4. The Morgan fingerprint density at radius 3 is 1.67 bits per heavy atom. The molecule has 0 amide bonds. The van der Waals surface area contributed by atoms with Crippen molar-refractivity contribution in [2.45, 2.75) is 5.92 Å². The molecule has 1 aromatic heterocycles. The van der Waals surface area contributed by atoms with Crippen LogP contribution in [0, 0.1) is 0 Å². The first-order valence-electron chi connectivity index (χ1n) is 6.35. The summed E-state index contributed by atoms with van der Waals surface area (Å²) in [5.74, 6) is -8.56. The van der Waals surface area contributed by atoms with Gasteiger partial charge in [0.1, 0.15) is 11.4 Å². The number of carboxylic acids is 4. The summed E-state index contributed by atoms with van der Waals surface area (Å²) in [6.07, 6.45) is 1.25. The summed E-state index contributed by atoms with van der Waals surface area (Å²) >= 11 is 0. The fraction of sp³-hybridized carbons (Fsp3) is 0.0714. The zero-order chi connectivity index (χ0) is 18.0. The third kappa shape index (κ3) is 2.79. The fourth-order valence-corrected chi connectivity index (χ4v) is 2.33. The molecule has 1 aromatic rings. The second kappa shape index (κ2) is 6.20. The monoisotopic (exact) mass is 334 g/mol. The Hall–Kier alpha value is -3.69. The van der Waals surface area contributed by atoms with Crippen LogP contribution in [-0.4, -0.2) is 49.3 Å². The number of dihydropyridines is 1. The molecule has 10 nitrogen and oxygen atoms in total. The van der Waals surface area contributed by atoms with Crippen molar-refractivity contribution in [2.24, 2.45) is 0 Å². The van der Waals surface area contributed by atoms with Crippen molar-refractivity contribution < 1.29 is 39.6 Å². The van der Waals surface area contributed by atoms with Gasteiger partial charge in [-0.3, -0.25) is 4.98 Å². The van der Waals surface area contributed by atoms with Crippen LogP contribution < -0.4 is 5.32 Å². The number of aromatic nitrogens is 1. The number of carbonyl (C=O) groups is 4. The molecule has 0 bridgehead atoms. The van der Waals surface area contributed by atoms with Gasteiger partial charge in [0.05, 0.1) is 22.8 Å². The lowest BCUT2D eigenvalue weighted by Crippen LogP contribution is -2.38. The van der Waals surface area contributed by atoms with Gasteiger partial charge in [0.15, 0.2) is 0 Å². The van der Waals surface area contributed by atoms with Crippen molar-refractivity contribution in [2.75, 3.05) is 0 Å². The SMILES string of the molecule is O=C(O)C1=C(C(=O)O)C(c2ccccn2)C(C(=O)O)=C(C(=O)O)N1. The molecule has 0 aliphatic carbocycles. The van der Waals surface area contributed by atoms with Crippen LogP contribution in [0.3, 0.4) is 0 Å². The average molecular weight is 334 g/mol. The first-order valence-corrected chi connectivity index (χ1v) is 6.35. The number of hydrogen-bond acceptors (Lipinski definition) is 6. The highest BCUT2D eigenvalue weighted by Gasteiger charge is 2.43. The van der Waals surface area contributed by atoms with Gasteiger partial charge in [-0.05, 0) is 12.1 Å². The van der Waals surface area contributed by atoms with Gasteiger partial charge in [0.2, 0.25) is 0 Å². The second-order valence-corrected chi connectivity index (χ2v) is 4.61. The Bertz CT molecular complexity index is 761. The number of pyridine rings is 1. The van der Waals surface area contributed by atoms with Crippen molar-refractivity contribution in [3.8, 4) is 0 Å².